The molecule has 1 aromatic heterocycles. The fourth-order valence-corrected chi connectivity index (χ4v) is 4.18. The third-order valence-corrected chi connectivity index (χ3v) is 5.44. The highest BCUT2D eigenvalue weighted by atomic mass is 16.6. The van der Waals surface area contributed by atoms with Crippen molar-refractivity contribution in [3.63, 3.8) is 0 Å². The number of anilines is 1. The normalized spacial score (nSPS) is 23.8. The summed E-state index contributed by atoms with van der Waals surface area (Å²) in [6.07, 6.45) is 2.29. The topological polar surface area (TPSA) is 97.8 Å². The minimum atomic E-state index is -0.418. The van der Waals surface area contributed by atoms with Crippen LogP contribution in [0.4, 0.5) is 5.88 Å². The van der Waals surface area contributed by atoms with E-state index in [2.05, 4.69) is 10.2 Å². The highest BCUT2D eigenvalue weighted by Gasteiger charge is 2.36. The summed E-state index contributed by atoms with van der Waals surface area (Å²) in [4.78, 5) is 25.5. The maximum absolute atomic E-state index is 12.0. The van der Waals surface area contributed by atoms with E-state index < -0.39 is 5.91 Å². The molecule has 3 N–H and O–H groups in total. The number of fused-ring (bicyclic) bond motifs is 3. The first kappa shape index (κ1) is 17.6. The Morgan fingerprint density at radius 2 is 2.00 bits per heavy atom. The number of carbonyl (C=O) groups excluding carboxylic acids is 2. The van der Waals surface area contributed by atoms with Crippen molar-refractivity contribution < 1.29 is 18.7 Å². The second-order valence-electron chi connectivity index (χ2n) is 7.26. The fourth-order valence-electron chi connectivity index (χ4n) is 4.18. The predicted molar refractivity (Wildman–Crippen MR) is 100.0 cm³/mol. The Bertz CT molecular complexity index is 868. The van der Waals surface area contributed by atoms with E-state index in [-0.39, 0.29) is 17.8 Å². The zero-order chi connectivity index (χ0) is 19.0. The number of amides is 2. The Labute approximate surface area is 157 Å². The number of primary amides is 1. The Morgan fingerprint density at radius 1 is 1.22 bits per heavy atom. The van der Waals surface area contributed by atoms with Crippen molar-refractivity contribution >= 4 is 17.7 Å². The highest BCUT2D eigenvalue weighted by Crippen LogP contribution is 2.41. The van der Waals surface area contributed by atoms with Crippen molar-refractivity contribution in [2.45, 2.75) is 25.7 Å². The van der Waals surface area contributed by atoms with Crippen molar-refractivity contribution in [3.05, 3.63) is 41.5 Å². The van der Waals surface area contributed by atoms with Crippen LogP contribution in [0.3, 0.4) is 0 Å². The number of rotatable bonds is 5. The van der Waals surface area contributed by atoms with Gasteiger partial charge in [-0.2, -0.15) is 0 Å². The number of carbonyl (C=O) groups is 2. The monoisotopic (exact) mass is 369 g/mol. The van der Waals surface area contributed by atoms with Gasteiger partial charge in [-0.05, 0) is 55.6 Å². The van der Waals surface area contributed by atoms with Crippen LogP contribution in [0.1, 0.15) is 41.6 Å². The Kier molecular flexibility index (Phi) is 4.61. The summed E-state index contributed by atoms with van der Waals surface area (Å²) in [6.45, 7) is 4.61. The lowest BCUT2D eigenvalue weighted by Crippen LogP contribution is -2.46. The van der Waals surface area contributed by atoms with Crippen molar-refractivity contribution in [3.8, 4) is 11.7 Å². The molecule has 7 heteroatoms. The fraction of sp³-hybridized carbons (Fsp3) is 0.400. The average molecular weight is 369 g/mol. The van der Waals surface area contributed by atoms with Crippen LogP contribution in [0.2, 0.25) is 0 Å². The second kappa shape index (κ2) is 7.08. The molecule has 4 heterocycles. The molecule has 142 valence electrons. The predicted octanol–water partition coefficient (Wildman–Crippen LogP) is 2.94. The van der Waals surface area contributed by atoms with Crippen LogP contribution in [0.5, 0.6) is 11.7 Å². The number of nitrogens with one attached hydrogen (secondary N) is 1. The summed E-state index contributed by atoms with van der Waals surface area (Å²) in [7, 11) is 0. The van der Waals surface area contributed by atoms with Gasteiger partial charge in [0.05, 0.1) is 0 Å². The number of hydrogen-bond acceptors (Lipinski definition) is 5. The summed E-state index contributed by atoms with van der Waals surface area (Å²) < 4.78 is 11.3. The number of ether oxygens (including phenoxy) is 1. The number of furan rings is 1. The van der Waals surface area contributed by atoms with Crippen molar-refractivity contribution in [2.75, 3.05) is 25.0 Å². The van der Waals surface area contributed by atoms with E-state index in [0.29, 0.717) is 23.1 Å². The van der Waals surface area contributed by atoms with Gasteiger partial charge in [0.2, 0.25) is 17.7 Å². The minimum Gasteiger partial charge on any atom is -0.426 e. The zero-order valence-electron chi connectivity index (χ0n) is 15.2. The summed E-state index contributed by atoms with van der Waals surface area (Å²) in [6, 6.07) is 8.60. The molecule has 0 radical (unpaired) electrons. The Hall–Kier alpha value is -2.80. The minimum absolute atomic E-state index is 0.216. The molecule has 1 atom stereocenters. The van der Waals surface area contributed by atoms with Crippen LogP contribution in [-0.4, -0.2) is 36.3 Å². The molecule has 7 nitrogen and oxygen atoms in total. The van der Waals surface area contributed by atoms with Gasteiger partial charge in [0, 0.05) is 37.1 Å². The average Bonchev–Trinajstić information content (AvgIpc) is 3.08. The van der Waals surface area contributed by atoms with Crippen LogP contribution >= 0.6 is 0 Å². The van der Waals surface area contributed by atoms with Crippen LogP contribution in [-0.2, 0) is 4.79 Å². The van der Waals surface area contributed by atoms with Gasteiger partial charge >= 0.3 is 0 Å². The highest BCUT2D eigenvalue weighted by molar-refractivity contribution is 5.94. The van der Waals surface area contributed by atoms with Gasteiger partial charge < -0.3 is 19.8 Å². The molecule has 3 aliphatic rings. The molecule has 0 saturated carbocycles. The molecule has 27 heavy (non-hydrogen) atoms. The molecule has 0 unspecified atom stereocenters. The molecule has 5 rings (SSSR count). The Morgan fingerprint density at radius 3 is 2.63 bits per heavy atom. The van der Waals surface area contributed by atoms with E-state index in [1.165, 1.54) is 6.92 Å². The number of piperidine rings is 3. The summed E-state index contributed by atoms with van der Waals surface area (Å²) in [5.41, 5.74) is 7.12. The van der Waals surface area contributed by atoms with Gasteiger partial charge in [-0.1, -0.05) is 0 Å². The van der Waals surface area contributed by atoms with Gasteiger partial charge in [0.15, 0.2) is 0 Å². The molecular formula is C20H23N3O4. The number of nitrogens with zero attached hydrogens (tertiary/aromatic N) is 1. The molecule has 1 aromatic carbocycles. The van der Waals surface area contributed by atoms with E-state index >= 15 is 0 Å². The summed E-state index contributed by atoms with van der Waals surface area (Å²) in [5, 5.41) is 2.56. The first-order valence-electron chi connectivity index (χ1n) is 9.21. The van der Waals surface area contributed by atoms with E-state index in [9.17, 15) is 9.59 Å². The Balaban J connectivity index is 1.60. The van der Waals surface area contributed by atoms with Crippen molar-refractivity contribution in [1.29, 1.82) is 0 Å². The number of nitrogens with two attached hydrogens (primary N) is 1. The number of benzene rings is 1. The van der Waals surface area contributed by atoms with Crippen molar-refractivity contribution in [2.24, 2.45) is 11.7 Å². The molecule has 2 bridgehead atoms. The first-order chi connectivity index (χ1) is 13.0. The molecule has 0 spiro atoms. The van der Waals surface area contributed by atoms with Gasteiger partial charge in [-0.15, -0.1) is 0 Å². The molecule has 3 fully saturated rings. The molecule has 3 aliphatic heterocycles. The van der Waals surface area contributed by atoms with E-state index in [1.807, 2.05) is 6.07 Å². The van der Waals surface area contributed by atoms with Gasteiger partial charge in [0.25, 0.3) is 5.95 Å². The lowest BCUT2D eigenvalue weighted by Gasteiger charge is -2.45. The molecule has 3 saturated heterocycles. The van der Waals surface area contributed by atoms with E-state index in [1.54, 1.807) is 24.3 Å². The molecule has 0 aliphatic carbocycles. The third kappa shape index (κ3) is 3.68. The van der Waals surface area contributed by atoms with Crippen molar-refractivity contribution in [1.82, 2.24) is 4.90 Å². The second-order valence-corrected chi connectivity index (χ2v) is 7.26. The van der Waals surface area contributed by atoms with E-state index in [0.717, 1.165) is 38.0 Å². The molecule has 2 amide bonds. The maximum Gasteiger partial charge on any atom is 0.291 e. The van der Waals surface area contributed by atoms with Crippen LogP contribution in [0.25, 0.3) is 0 Å². The van der Waals surface area contributed by atoms with E-state index in [4.69, 9.17) is 14.9 Å². The first-order valence-corrected chi connectivity index (χ1v) is 9.21. The smallest absolute Gasteiger partial charge is 0.291 e. The lowest BCUT2D eigenvalue weighted by molar-refractivity contribution is -0.114. The summed E-state index contributed by atoms with van der Waals surface area (Å²) >= 11 is 0. The number of hydrogen-bond donors (Lipinski definition) is 2. The van der Waals surface area contributed by atoms with Crippen LogP contribution < -0.4 is 15.8 Å². The SMILES string of the molecule is CC(=O)Nc1ccc(Oc2ccc(C(N)=O)c([C@@H]3CN4CCC3CC4)c2)o1. The summed E-state index contributed by atoms with van der Waals surface area (Å²) in [5.74, 6) is 1.39. The van der Waals surface area contributed by atoms with Crippen LogP contribution in [0.15, 0.2) is 34.7 Å². The lowest BCUT2D eigenvalue weighted by atomic mass is 9.74. The molecular weight excluding hydrogens is 346 g/mol. The van der Waals surface area contributed by atoms with Crippen LogP contribution in [0, 0.1) is 5.92 Å². The van der Waals surface area contributed by atoms with Gasteiger partial charge in [0.1, 0.15) is 5.75 Å². The molecule has 2 aromatic rings. The quantitative estimate of drug-likeness (QED) is 0.844. The zero-order valence-corrected chi connectivity index (χ0v) is 15.2. The maximum atomic E-state index is 12.0. The largest absolute Gasteiger partial charge is 0.426 e. The standard InChI is InChI=1S/C20H23N3O4/c1-12(24)22-18-4-5-19(27-18)26-14-2-3-15(20(21)25)16(10-14)17-11-23-8-6-13(17)7-9-23/h2-5,10,13,17H,6-9,11H2,1H3,(H2,21,25)(H,22,24)/t17-/m1/s1. The van der Waals surface area contributed by atoms with Gasteiger partial charge in [-0.3, -0.25) is 14.9 Å². The third-order valence-electron chi connectivity index (χ3n) is 5.44. The van der Waals surface area contributed by atoms with Gasteiger partial charge in [-0.25, -0.2) is 0 Å².